The van der Waals surface area contributed by atoms with Gasteiger partial charge in [-0.25, -0.2) is 8.42 Å². The normalized spacial score (nSPS) is 13.4. The number of ether oxygens (including phenoxy) is 3. The van der Waals surface area contributed by atoms with Crippen molar-refractivity contribution in [1.82, 2.24) is 10.2 Å². The second-order valence-corrected chi connectivity index (χ2v) is 10.4. The first-order valence-electron chi connectivity index (χ1n) is 11.8. The van der Waals surface area contributed by atoms with Crippen molar-refractivity contribution in [2.45, 2.75) is 33.4 Å². The fraction of sp³-hybridized carbons (Fsp3) is 0.440. The van der Waals surface area contributed by atoms with Gasteiger partial charge < -0.3 is 24.4 Å². The number of methoxy groups -OCH3 is 1. The predicted octanol–water partition coefficient (Wildman–Crippen LogP) is 2.18. The highest BCUT2D eigenvalue weighted by Gasteiger charge is 2.31. The van der Waals surface area contributed by atoms with Crippen molar-refractivity contribution in [2.24, 2.45) is 0 Å². The third kappa shape index (κ3) is 6.39. The zero-order valence-corrected chi connectivity index (χ0v) is 21.8. The number of rotatable bonds is 11. The standard InChI is InChI=1S/C25H33N3O7S/c1-5-26-25(30)18(3)27(16-19-7-10-21(33-4)11-8-19)24(29)17-28(36(31,32)6-2)20-9-12-22-23(15-20)35-14-13-34-22/h7-12,15,18H,5-6,13-14,16-17H2,1-4H3,(H,26,30)/t18-/m1/s1. The maximum absolute atomic E-state index is 13.6. The molecule has 0 unspecified atom stereocenters. The van der Waals surface area contributed by atoms with Gasteiger partial charge in [-0.15, -0.1) is 0 Å². The summed E-state index contributed by atoms with van der Waals surface area (Å²) in [5.41, 5.74) is 1.05. The summed E-state index contributed by atoms with van der Waals surface area (Å²) in [5, 5.41) is 2.73. The van der Waals surface area contributed by atoms with Crippen molar-refractivity contribution in [3.8, 4) is 17.2 Å². The molecule has 1 N–H and O–H groups in total. The zero-order chi connectivity index (χ0) is 26.3. The van der Waals surface area contributed by atoms with Gasteiger partial charge in [0, 0.05) is 19.2 Å². The number of nitrogens with one attached hydrogen (secondary N) is 1. The van der Waals surface area contributed by atoms with E-state index in [2.05, 4.69) is 5.32 Å². The van der Waals surface area contributed by atoms with E-state index in [0.29, 0.717) is 37.0 Å². The van der Waals surface area contributed by atoms with E-state index < -0.39 is 28.5 Å². The average molecular weight is 520 g/mol. The molecular formula is C25H33N3O7S. The Bertz CT molecular complexity index is 1170. The molecule has 2 aromatic rings. The molecule has 11 heteroatoms. The van der Waals surface area contributed by atoms with Crippen LogP contribution in [0.1, 0.15) is 26.3 Å². The maximum atomic E-state index is 13.6. The molecule has 0 saturated carbocycles. The molecule has 10 nitrogen and oxygen atoms in total. The van der Waals surface area contributed by atoms with Crippen LogP contribution < -0.4 is 23.8 Å². The largest absolute Gasteiger partial charge is 0.497 e. The number of carbonyl (C=O) groups excluding carboxylic acids is 2. The molecule has 0 radical (unpaired) electrons. The van der Waals surface area contributed by atoms with E-state index in [4.69, 9.17) is 14.2 Å². The summed E-state index contributed by atoms with van der Waals surface area (Å²) in [6, 6.07) is 11.0. The van der Waals surface area contributed by atoms with Crippen LogP contribution >= 0.6 is 0 Å². The SMILES string of the molecule is CCNC(=O)[C@@H](C)N(Cc1ccc(OC)cc1)C(=O)CN(c1ccc2c(c1)OCCO2)S(=O)(=O)CC. The summed E-state index contributed by atoms with van der Waals surface area (Å²) < 4.78 is 43.5. The number of anilines is 1. The zero-order valence-electron chi connectivity index (χ0n) is 21.0. The Morgan fingerprint density at radius 3 is 2.33 bits per heavy atom. The van der Waals surface area contributed by atoms with E-state index in [1.807, 2.05) is 0 Å². The minimum absolute atomic E-state index is 0.113. The molecule has 1 atom stereocenters. The van der Waals surface area contributed by atoms with E-state index in [1.54, 1.807) is 63.4 Å². The number of fused-ring (bicyclic) bond motifs is 1. The molecule has 0 spiro atoms. The molecule has 0 aliphatic carbocycles. The van der Waals surface area contributed by atoms with E-state index in [0.717, 1.165) is 9.87 Å². The average Bonchev–Trinajstić information content (AvgIpc) is 2.89. The Labute approximate surface area is 212 Å². The van der Waals surface area contributed by atoms with E-state index in [-0.39, 0.29) is 23.9 Å². The third-order valence-electron chi connectivity index (χ3n) is 5.82. The lowest BCUT2D eigenvalue weighted by atomic mass is 10.1. The fourth-order valence-electron chi connectivity index (χ4n) is 3.74. The first-order valence-corrected chi connectivity index (χ1v) is 13.4. The Hall–Kier alpha value is -3.47. The van der Waals surface area contributed by atoms with Gasteiger partial charge in [-0.1, -0.05) is 12.1 Å². The van der Waals surface area contributed by atoms with Gasteiger partial charge in [-0.2, -0.15) is 0 Å². The van der Waals surface area contributed by atoms with Gasteiger partial charge in [0.05, 0.1) is 18.6 Å². The number of sulfonamides is 1. The summed E-state index contributed by atoms with van der Waals surface area (Å²) in [7, 11) is -2.28. The second-order valence-electron chi connectivity index (χ2n) is 8.18. The van der Waals surface area contributed by atoms with Gasteiger partial charge in [-0.3, -0.25) is 13.9 Å². The molecule has 1 aliphatic heterocycles. The Balaban J connectivity index is 1.93. The summed E-state index contributed by atoms with van der Waals surface area (Å²) in [6.45, 7) is 5.71. The Morgan fingerprint density at radius 2 is 1.72 bits per heavy atom. The van der Waals surface area contributed by atoms with Crippen molar-refractivity contribution in [3.63, 3.8) is 0 Å². The van der Waals surface area contributed by atoms with Crippen LogP contribution in [0.25, 0.3) is 0 Å². The lowest BCUT2D eigenvalue weighted by molar-refractivity contribution is -0.139. The maximum Gasteiger partial charge on any atom is 0.244 e. The molecule has 0 saturated heterocycles. The lowest BCUT2D eigenvalue weighted by Gasteiger charge is -2.32. The summed E-state index contributed by atoms with van der Waals surface area (Å²) >= 11 is 0. The number of hydrogen-bond donors (Lipinski definition) is 1. The molecule has 1 heterocycles. The van der Waals surface area contributed by atoms with Crippen LogP contribution in [0.4, 0.5) is 5.69 Å². The molecule has 196 valence electrons. The van der Waals surface area contributed by atoms with E-state index >= 15 is 0 Å². The fourth-order valence-corrected chi connectivity index (χ4v) is 4.79. The Morgan fingerprint density at radius 1 is 1.06 bits per heavy atom. The van der Waals surface area contributed by atoms with Gasteiger partial charge in [0.25, 0.3) is 0 Å². The highest BCUT2D eigenvalue weighted by Crippen LogP contribution is 2.35. The molecule has 2 aromatic carbocycles. The van der Waals surface area contributed by atoms with Crippen molar-refractivity contribution in [3.05, 3.63) is 48.0 Å². The highest BCUT2D eigenvalue weighted by atomic mass is 32.2. The number of amides is 2. The van der Waals surface area contributed by atoms with Crippen LogP contribution in [-0.2, 0) is 26.2 Å². The summed E-state index contributed by atoms with van der Waals surface area (Å²) in [4.78, 5) is 27.7. The van der Waals surface area contributed by atoms with Gasteiger partial charge in [-0.05, 0) is 50.6 Å². The predicted molar refractivity (Wildman–Crippen MR) is 136 cm³/mol. The lowest BCUT2D eigenvalue weighted by Crippen LogP contribution is -2.51. The number of hydrogen-bond acceptors (Lipinski definition) is 7. The topological polar surface area (TPSA) is 114 Å². The smallest absolute Gasteiger partial charge is 0.244 e. The summed E-state index contributed by atoms with van der Waals surface area (Å²) in [5.74, 6) is 0.524. The van der Waals surface area contributed by atoms with Crippen LogP contribution in [0.5, 0.6) is 17.2 Å². The first kappa shape index (κ1) is 27.1. The second kappa shape index (κ2) is 12.0. The molecule has 0 aromatic heterocycles. The Kier molecular flexibility index (Phi) is 9.03. The van der Waals surface area contributed by atoms with Crippen LogP contribution in [0.3, 0.4) is 0 Å². The van der Waals surface area contributed by atoms with E-state index in [1.165, 1.54) is 11.8 Å². The number of likely N-dealkylation sites (N-methyl/N-ethyl adjacent to an activating group) is 1. The van der Waals surface area contributed by atoms with Crippen LogP contribution in [0.2, 0.25) is 0 Å². The van der Waals surface area contributed by atoms with Crippen molar-refractivity contribution < 1.29 is 32.2 Å². The molecule has 0 bridgehead atoms. The van der Waals surface area contributed by atoms with E-state index in [9.17, 15) is 18.0 Å². The third-order valence-corrected chi connectivity index (χ3v) is 7.56. The van der Waals surface area contributed by atoms with Crippen molar-refractivity contribution >= 4 is 27.5 Å². The van der Waals surface area contributed by atoms with Gasteiger partial charge in [0.2, 0.25) is 21.8 Å². The monoisotopic (exact) mass is 519 g/mol. The number of carbonyl (C=O) groups is 2. The van der Waals surface area contributed by atoms with Gasteiger partial charge in [0.15, 0.2) is 11.5 Å². The van der Waals surface area contributed by atoms with Gasteiger partial charge >= 0.3 is 0 Å². The molecule has 0 fully saturated rings. The van der Waals surface area contributed by atoms with Crippen LogP contribution in [-0.4, -0.2) is 70.3 Å². The van der Waals surface area contributed by atoms with Crippen molar-refractivity contribution in [2.75, 3.05) is 43.5 Å². The number of nitrogens with zero attached hydrogens (tertiary/aromatic N) is 2. The minimum Gasteiger partial charge on any atom is -0.497 e. The molecule has 3 rings (SSSR count). The van der Waals surface area contributed by atoms with Gasteiger partial charge in [0.1, 0.15) is 31.5 Å². The van der Waals surface area contributed by atoms with Crippen LogP contribution in [0.15, 0.2) is 42.5 Å². The van der Waals surface area contributed by atoms with Crippen LogP contribution in [0, 0.1) is 0 Å². The highest BCUT2D eigenvalue weighted by molar-refractivity contribution is 7.92. The minimum atomic E-state index is -3.83. The molecule has 36 heavy (non-hydrogen) atoms. The molecule has 1 aliphatic rings. The summed E-state index contributed by atoms with van der Waals surface area (Å²) in [6.07, 6.45) is 0. The number of benzene rings is 2. The van der Waals surface area contributed by atoms with Crippen molar-refractivity contribution in [1.29, 1.82) is 0 Å². The first-order chi connectivity index (χ1) is 17.2. The molecule has 2 amide bonds. The quantitative estimate of drug-likeness (QED) is 0.484. The molecular weight excluding hydrogens is 486 g/mol.